The van der Waals surface area contributed by atoms with Crippen molar-refractivity contribution in [3.8, 4) is 5.82 Å². The Labute approximate surface area is 156 Å². The average molecular weight is 368 g/mol. The monoisotopic (exact) mass is 368 g/mol. The molecule has 9 heteroatoms. The van der Waals surface area contributed by atoms with Crippen LogP contribution in [0.4, 0.5) is 16.0 Å². The number of anilines is 2. The van der Waals surface area contributed by atoms with Gasteiger partial charge in [-0.15, -0.1) is 0 Å². The van der Waals surface area contributed by atoms with Gasteiger partial charge in [0, 0.05) is 37.9 Å². The maximum atomic E-state index is 13.9. The van der Waals surface area contributed by atoms with Crippen molar-refractivity contribution in [1.29, 1.82) is 0 Å². The Kier molecular flexibility index (Phi) is 4.43. The van der Waals surface area contributed by atoms with Gasteiger partial charge in [-0.3, -0.25) is 0 Å². The average Bonchev–Trinajstić information content (AvgIpc) is 3.00. The summed E-state index contributed by atoms with van der Waals surface area (Å²) in [5.41, 5.74) is 1.98. The number of hydrogen-bond donors (Lipinski definition) is 0. The molecule has 1 saturated heterocycles. The molecule has 1 fully saturated rings. The molecule has 0 aliphatic carbocycles. The van der Waals surface area contributed by atoms with E-state index in [2.05, 4.69) is 29.9 Å². The molecule has 0 atom stereocenters. The van der Waals surface area contributed by atoms with E-state index < -0.39 is 5.82 Å². The van der Waals surface area contributed by atoms with Crippen LogP contribution in [-0.4, -0.2) is 55.9 Å². The van der Waals surface area contributed by atoms with Crippen LogP contribution in [-0.2, 0) is 0 Å². The van der Waals surface area contributed by atoms with Gasteiger partial charge in [0.15, 0.2) is 17.5 Å². The molecule has 3 aromatic rings. The third-order valence-corrected chi connectivity index (χ3v) is 4.59. The summed E-state index contributed by atoms with van der Waals surface area (Å²) in [4.78, 5) is 21.0. The summed E-state index contributed by atoms with van der Waals surface area (Å²) in [6, 6.07) is 3.97. The highest BCUT2D eigenvalue weighted by Crippen LogP contribution is 2.21. The lowest BCUT2D eigenvalue weighted by atomic mass is 10.3. The Morgan fingerprint density at radius 2 is 1.63 bits per heavy atom. The van der Waals surface area contributed by atoms with E-state index in [0.717, 1.165) is 36.1 Å². The van der Waals surface area contributed by atoms with Crippen LogP contribution in [0.3, 0.4) is 0 Å². The van der Waals surface area contributed by atoms with Gasteiger partial charge >= 0.3 is 0 Å². The first-order valence-electron chi connectivity index (χ1n) is 8.86. The van der Waals surface area contributed by atoms with Crippen molar-refractivity contribution in [1.82, 2.24) is 29.7 Å². The molecule has 0 N–H and O–H groups in total. The zero-order chi connectivity index (χ0) is 19.0. The number of aromatic nitrogens is 6. The zero-order valence-electron chi connectivity index (χ0n) is 15.6. The first-order chi connectivity index (χ1) is 13.0. The molecule has 0 aromatic carbocycles. The van der Waals surface area contributed by atoms with Gasteiger partial charge in [0.25, 0.3) is 0 Å². The van der Waals surface area contributed by atoms with Gasteiger partial charge in [0.1, 0.15) is 18.0 Å². The lowest BCUT2D eigenvalue weighted by Crippen LogP contribution is -2.47. The summed E-state index contributed by atoms with van der Waals surface area (Å²) in [6.07, 6.45) is 2.57. The predicted octanol–water partition coefficient (Wildman–Crippen LogP) is 1.84. The summed E-state index contributed by atoms with van der Waals surface area (Å²) < 4.78 is 15.8. The molecule has 4 rings (SSSR count). The molecule has 0 spiro atoms. The highest BCUT2D eigenvalue weighted by molar-refractivity contribution is 5.48. The molecule has 1 aliphatic heterocycles. The molecule has 0 saturated carbocycles. The van der Waals surface area contributed by atoms with E-state index in [1.54, 1.807) is 0 Å². The van der Waals surface area contributed by atoms with Crippen molar-refractivity contribution in [3.63, 3.8) is 0 Å². The van der Waals surface area contributed by atoms with Crippen LogP contribution in [0.2, 0.25) is 0 Å². The van der Waals surface area contributed by atoms with Gasteiger partial charge in [0.05, 0.1) is 11.9 Å². The van der Waals surface area contributed by atoms with Crippen molar-refractivity contribution in [2.45, 2.75) is 20.8 Å². The highest BCUT2D eigenvalue weighted by atomic mass is 19.1. The Morgan fingerprint density at radius 3 is 2.30 bits per heavy atom. The summed E-state index contributed by atoms with van der Waals surface area (Å²) in [6.45, 7) is 8.60. The maximum Gasteiger partial charge on any atom is 0.183 e. The second kappa shape index (κ2) is 6.90. The molecule has 0 unspecified atom stereocenters. The largest absolute Gasteiger partial charge is 0.353 e. The van der Waals surface area contributed by atoms with Crippen LogP contribution < -0.4 is 9.80 Å². The number of hydrogen-bond acceptors (Lipinski definition) is 7. The van der Waals surface area contributed by atoms with Crippen LogP contribution in [0.25, 0.3) is 5.82 Å². The molecule has 0 radical (unpaired) electrons. The minimum atomic E-state index is -0.393. The minimum Gasteiger partial charge on any atom is -0.353 e. The Bertz CT molecular complexity index is 962. The second-order valence-corrected chi connectivity index (χ2v) is 6.64. The number of halogens is 1. The number of nitrogens with zero attached hydrogens (tertiary/aromatic N) is 8. The van der Waals surface area contributed by atoms with Crippen LogP contribution >= 0.6 is 0 Å². The number of rotatable bonds is 3. The fourth-order valence-electron chi connectivity index (χ4n) is 3.35. The van der Waals surface area contributed by atoms with E-state index >= 15 is 0 Å². The molecular weight excluding hydrogens is 347 g/mol. The van der Waals surface area contributed by atoms with Crippen molar-refractivity contribution in [2.75, 3.05) is 36.0 Å². The van der Waals surface area contributed by atoms with E-state index in [4.69, 9.17) is 0 Å². The minimum absolute atomic E-state index is 0.354. The van der Waals surface area contributed by atoms with Gasteiger partial charge in [-0.2, -0.15) is 5.10 Å². The topological polar surface area (TPSA) is 75.9 Å². The van der Waals surface area contributed by atoms with Crippen LogP contribution in [0.5, 0.6) is 0 Å². The molecule has 0 amide bonds. The fourth-order valence-corrected chi connectivity index (χ4v) is 3.35. The third-order valence-electron chi connectivity index (χ3n) is 4.59. The first-order valence-corrected chi connectivity index (χ1v) is 8.86. The Hall–Kier alpha value is -3.10. The zero-order valence-corrected chi connectivity index (χ0v) is 15.6. The van der Waals surface area contributed by atoms with Gasteiger partial charge < -0.3 is 9.80 Å². The molecule has 0 bridgehead atoms. The van der Waals surface area contributed by atoms with E-state index in [0.29, 0.717) is 24.7 Å². The van der Waals surface area contributed by atoms with E-state index in [1.165, 1.54) is 12.5 Å². The van der Waals surface area contributed by atoms with Crippen molar-refractivity contribution in [3.05, 3.63) is 47.7 Å². The van der Waals surface area contributed by atoms with E-state index in [1.807, 2.05) is 42.5 Å². The first kappa shape index (κ1) is 17.3. The van der Waals surface area contributed by atoms with Crippen LogP contribution in [0.15, 0.2) is 24.7 Å². The van der Waals surface area contributed by atoms with Crippen molar-refractivity contribution < 1.29 is 4.39 Å². The van der Waals surface area contributed by atoms with E-state index in [9.17, 15) is 4.39 Å². The van der Waals surface area contributed by atoms with Crippen LogP contribution in [0.1, 0.15) is 17.2 Å². The molecule has 4 heterocycles. The van der Waals surface area contributed by atoms with Gasteiger partial charge in [-0.25, -0.2) is 29.0 Å². The third kappa shape index (κ3) is 3.44. The molecular formula is C18H21FN8. The van der Waals surface area contributed by atoms with Crippen molar-refractivity contribution >= 4 is 11.6 Å². The lowest BCUT2D eigenvalue weighted by molar-refractivity contribution is 0.580. The number of piperazine rings is 1. The summed E-state index contributed by atoms with van der Waals surface area (Å²) in [7, 11) is 0. The second-order valence-electron chi connectivity index (χ2n) is 6.64. The Morgan fingerprint density at radius 1 is 0.926 bits per heavy atom. The molecule has 1 aliphatic rings. The van der Waals surface area contributed by atoms with Gasteiger partial charge in [0.2, 0.25) is 0 Å². The quantitative estimate of drug-likeness (QED) is 0.698. The van der Waals surface area contributed by atoms with Crippen LogP contribution in [0, 0.1) is 26.6 Å². The van der Waals surface area contributed by atoms with E-state index in [-0.39, 0.29) is 0 Å². The molecule has 3 aromatic heterocycles. The predicted molar refractivity (Wildman–Crippen MR) is 99.8 cm³/mol. The molecule has 8 nitrogen and oxygen atoms in total. The SMILES string of the molecule is Cc1cc(C)n(-c2cc(N3CCN(c4ncncc4F)CC3)nc(C)n2)n1. The highest BCUT2D eigenvalue weighted by Gasteiger charge is 2.22. The summed E-state index contributed by atoms with van der Waals surface area (Å²) >= 11 is 0. The lowest BCUT2D eigenvalue weighted by Gasteiger charge is -2.36. The fraction of sp³-hybridized carbons (Fsp3) is 0.389. The molecule has 140 valence electrons. The normalized spacial score (nSPS) is 14.7. The Balaban J connectivity index is 1.55. The summed E-state index contributed by atoms with van der Waals surface area (Å²) in [5, 5.41) is 4.51. The number of aryl methyl sites for hydroxylation is 3. The standard InChI is InChI=1S/C18H21FN8/c1-12-8-13(2)27(24-12)17-9-16(22-14(3)23-17)25-4-6-26(7-5-25)18-15(19)10-20-11-21-18/h8-11H,4-7H2,1-3H3. The molecule has 27 heavy (non-hydrogen) atoms. The maximum absolute atomic E-state index is 13.9. The smallest absolute Gasteiger partial charge is 0.183 e. The van der Waals surface area contributed by atoms with Gasteiger partial charge in [-0.05, 0) is 26.8 Å². The summed E-state index contributed by atoms with van der Waals surface area (Å²) in [5.74, 6) is 2.27. The van der Waals surface area contributed by atoms with Gasteiger partial charge in [-0.1, -0.05) is 0 Å². The van der Waals surface area contributed by atoms with Crippen molar-refractivity contribution in [2.24, 2.45) is 0 Å².